The lowest BCUT2D eigenvalue weighted by Gasteiger charge is -2.09. The zero-order valence-electron chi connectivity index (χ0n) is 13.9. The Balaban J connectivity index is 1.97. The van der Waals surface area contributed by atoms with Crippen LogP contribution in [0.2, 0.25) is 0 Å². The van der Waals surface area contributed by atoms with Crippen molar-refractivity contribution in [2.75, 3.05) is 0 Å². The van der Waals surface area contributed by atoms with E-state index < -0.39 is 0 Å². The van der Waals surface area contributed by atoms with Gasteiger partial charge in [-0.2, -0.15) is 0 Å². The van der Waals surface area contributed by atoms with Crippen molar-refractivity contribution in [2.45, 2.75) is 27.2 Å². The van der Waals surface area contributed by atoms with E-state index in [0.717, 1.165) is 11.1 Å². The highest BCUT2D eigenvalue weighted by Gasteiger charge is 2.30. The molecule has 0 atom stereocenters. The quantitative estimate of drug-likeness (QED) is 0.482. The SMILES string of the molecule is CCC(=O)Oc1ccc2c(c1C)O/C(=C\c1ccccc1C)C2=O. The Morgan fingerprint density at radius 2 is 1.92 bits per heavy atom. The van der Waals surface area contributed by atoms with Crippen LogP contribution in [0.1, 0.15) is 40.4 Å². The van der Waals surface area contributed by atoms with Crippen LogP contribution >= 0.6 is 0 Å². The molecule has 1 aliphatic rings. The summed E-state index contributed by atoms with van der Waals surface area (Å²) in [5, 5.41) is 0. The third-order valence-electron chi connectivity index (χ3n) is 4.02. The van der Waals surface area contributed by atoms with E-state index in [1.165, 1.54) is 0 Å². The fourth-order valence-electron chi connectivity index (χ4n) is 2.56. The minimum absolute atomic E-state index is 0.162. The molecule has 0 N–H and O–H groups in total. The molecule has 0 aromatic heterocycles. The summed E-state index contributed by atoms with van der Waals surface area (Å²) in [6.45, 7) is 5.49. The van der Waals surface area contributed by atoms with Gasteiger partial charge in [0.05, 0.1) is 5.56 Å². The summed E-state index contributed by atoms with van der Waals surface area (Å²) in [4.78, 5) is 24.1. The van der Waals surface area contributed by atoms with Crippen molar-refractivity contribution in [3.63, 3.8) is 0 Å². The van der Waals surface area contributed by atoms with Gasteiger partial charge in [0, 0.05) is 12.0 Å². The number of hydrogen-bond acceptors (Lipinski definition) is 4. The van der Waals surface area contributed by atoms with Gasteiger partial charge in [0.1, 0.15) is 11.5 Å². The average Bonchev–Trinajstić information content (AvgIpc) is 2.89. The molecular weight excluding hydrogens is 304 g/mol. The number of ketones is 1. The number of fused-ring (bicyclic) bond motifs is 1. The number of esters is 1. The topological polar surface area (TPSA) is 52.6 Å². The van der Waals surface area contributed by atoms with Crippen molar-refractivity contribution in [3.8, 4) is 11.5 Å². The maximum absolute atomic E-state index is 12.6. The van der Waals surface area contributed by atoms with Gasteiger partial charge in [0.25, 0.3) is 0 Å². The van der Waals surface area contributed by atoms with Gasteiger partial charge in [0.15, 0.2) is 5.76 Å². The van der Waals surface area contributed by atoms with Crippen molar-refractivity contribution in [1.29, 1.82) is 0 Å². The Morgan fingerprint density at radius 3 is 2.62 bits per heavy atom. The van der Waals surface area contributed by atoms with Gasteiger partial charge >= 0.3 is 5.97 Å². The van der Waals surface area contributed by atoms with Gasteiger partial charge in [-0.15, -0.1) is 0 Å². The van der Waals surface area contributed by atoms with Crippen molar-refractivity contribution < 1.29 is 19.1 Å². The summed E-state index contributed by atoms with van der Waals surface area (Å²) in [7, 11) is 0. The minimum atomic E-state index is -0.321. The first kappa shape index (κ1) is 16.0. The lowest BCUT2D eigenvalue weighted by molar-refractivity contribution is -0.134. The molecule has 0 unspecified atom stereocenters. The van der Waals surface area contributed by atoms with Gasteiger partial charge in [-0.05, 0) is 43.2 Å². The molecule has 3 rings (SSSR count). The molecule has 2 aromatic carbocycles. The van der Waals surface area contributed by atoms with E-state index in [1.54, 1.807) is 32.1 Å². The second kappa shape index (κ2) is 6.32. The molecule has 1 aliphatic heterocycles. The summed E-state index contributed by atoms with van der Waals surface area (Å²) < 4.78 is 11.1. The first-order chi connectivity index (χ1) is 11.5. The van der Waals surface area contributed by atoms with Crippen LogP contribution in [0.15, 0.2) is 42.2 Å². The monoisotopic (exact) mass is 322 g/mol. The van der Waals surface area contributed by atoms with Crippen molar-refractivity contribution in [1.82, 2.24) is 0 Å². The number of ether oxygens (including phenoxy) is 2. The second-order valence-corrected chi connectivity index (χ2v) is 5.69. The Morgan fingerprint density at radius 1 is 1.17 bits per heavy atom. The Hall–Kier alpha value is -2.88. The molecule has 4 heteroatoms. The highest BCUT2D eigenvalue weighted by molar-refractivity contribution is 6.15. The average molecular weight is 322 g/mol. The number of rotatable bonds is 3. The van der Waals surface area contributed by atoms with E-state index in [1.807, 2.05) is 31.2 Å². The summed E-state index contributed by atoms with van der Waals surface area (Å²) in [5.41, 5.74) is 3.13. The molecule has 1 heterocycles. The fraction of sp³-hybridized carbons (Fsp3) is 0.200. The molecule has 0 spiro atoms. The molecule has 2 aromatic rings. The maximum atomic E-state index is 12.6. The number of allylic oxidation sites excluding steroid dienone is 1. The molecule has 0 saturated carbocycles. The van der Waals surface area contributed by atoms with Gasteiger partial charge in [-0.3, -0.25) is 9.59 Å². The smallest absolute Gasteiger partial charge is 0.310 e. The first-order valence-corrected chi connectivity index (χ1v) is 7.85. The third-order valence-corrected chi connectivity index (χ3v) is 4.02. The second-order valence-electron chi connectivity index (χ2n) is 5.69. The number of carbonyl (C=O) groups is 2. The predicted molar refractivity (Wildman–Crippen MR) is 91.2 cm³/mol. The number of hydrogen-bond donors (Lipinski definition) is 0. The van der Waals surface area contributed by atoms with Crippen LogP contribution in [-0.2, 0) is 4.79 Å². The number of carbonyl (C=O) groups excluding carboxylic acids is 2. The van der Waals surface area contributed by atoms with E-state index in [-0.39, 0.29) is 23.9 Å². The van der Waals surface area contributed by atoms with Gasteiger partial charge in [-0.1, -0.05) is 31.2 Å². The molecule has 122 valence electrons. The zero-order chi connectivity index (χ0) is 17.3. The molecule has 0 radical (unpaired) electrons. The summed E-state index contributed by atoms with van der Waals surface area (Å²) in [5.74, 6) is 0.677. The number of benzene rings is 2. The Kier molecular flexibility index (Phi) is 4.21. The highest BCUT2D eigenvalue weighted by Crippen LogP contribution is 2.39. The van der Waals surface area contributed by atoms with Crippen molar-refractivity contribution >= 4 is 17.8 Å². The van der Waals surface area contributed by atoms with Gasteiger partial charge in [0.2, 0.25) is 5.78 Å². The van der Waals surface area contributed by atoms with E-state index in [9.17, 15) is 9.59 Å². The van der Waals surface area contributed by atoms with Gasteiger partial charge in [-0.25, -0.2) is 0 Å². The molecule has 0 fully saturated rings. The minimum Gasteiger partial charge on any atom is -0.452 e. The van der Waals surface area contributed by atoms with Gasteiger partial charge < -0.3 is 9.47 Å². The van der Waals surface area contributed by atoms with E-state index >= 15 is 0 Å². The molecular formula is C20H18O4. The summed E-state index contributed by atoms with van der Waals surface area (Å²) >= 11 is 0. The molecule has 4 nitrogen and oxygen atoms in total. The first-order valence-electron chi connectivity index (χ1n) is 7.85. The fourth-order valence-corrected chi connectivity index (χ4v) is 2.56. The van der Waals surface area contributed by atoms with E-state index in [2.05, 4.69) is 0 Å². The van der Waals surface area contributed by atoms with Crippen LogP contribution in [0, 0.1) is 13.8 Å². The maximum Gasteiger partial charge on any atom is 0.310 e. The standard InChI is InChI=1S/C20H18O4/c1-4-18(21)23-16-10-9-15-19(22)17(24-20(15)13(16)3)11-14-8-6-5-7-12(14)2/h5-11H,4H2,1-3H3/b17-11-. The Bertz CT molecular complexity index is 862. The predicted octanol–water partition coefficient (Wildman–Crippen LogP) is 4.24. The number of aryl methyl sites for hydroxylation is 1. The highest BCUT2D eigenvalue weighted by atomic mass is 16.5. The lowest BCUT2D eigenvalue weighted by Crippen LogP contribution is -2.06. The molecule has 0 saturated heterocycles. The normalized spacial score (nSPS) is 14.5. The van der Waals surface area contributed by atoms with E-state index in [4.69, 9.17) is 9.47 Å². The van der Waals surface area contributed by atoms with Crippen LogP contribution in [0.4, 0.5) is 0 Å². The summed E-state index contributed by atoms with van der Waals surface area (Å²) in [6, 6.07) is 11.1. The Labute approximate surface area is 140 Å². The number of Topliss-reactive ketones (excluding diaryl/α,β-unsaturated/α-hetero) is 1. The van der Waals surface area contributed by atoms with E-state index in [0.29, 0.717) is 22.6 Å². The van der Waals surface area contributed by atoms with Crippen LogP contribution in [-0.4, -0.2) is 11.8 Å². The van der Waals surface area contributed by atoms with Crippen LogP contribution < -0.4 is 9.47 Å². The largest absolute Gasteiger partial charge is 0.452 e. The van der Waals surface area contributed by atoms with Crippen molar-refractivity contribution in [2.24, 2.45) is 0 Å². The van der Waals surface area contributed by atoms with Crippen LogP contribution in [0.25, 0.3) is 6.08 Å². The molecule has 0 amide bonds. The molecule has 24 heavy (non-hydrogen) atoms. The van der Waals surface area contributed by atoms with Crippen LogP contribution in [0.3, 0.4) is 0 Å². The zero-order valence-corrected chi connectivity index (χ0v) is 13.9. The van der Waals surface area contributed by atoms with Crippen LogP contribution in [0.5, 0.6) is 11.5 Å². The lowest BCUT2D eigenvalue weighted by atomic mass is 10.0. The molecule has 0 bridgehead atoms. The van der Waals surface area contributed by atoms with Crippen molar-refractivity contribution in [3.05, 3.63) is 64.4 Å². The third kappa shape index (κ3) is 2.83. The summed E-state index contributed by atoms with van der Waals surface area (Å²) in [6.07, 6.45) is 2.03. The molecule has 0 aliphatic carbocycles.